The quantitative estimate of drug-likeness (QED) is 0.477. The fourth-order valence-corrected chi connectivity index (χ4v) is 2.16. The van der Waals surface area contributed by atoms with Crippen molar-refractivity contribution in [1.82, 2.24) is 0 Å². The van der Waals surface area contributed by atoms with E-state index < -0.39 is 0 Å². The molecule has 2 aliphatic rings. The van der Waals surface area contributed by atoms with Crippen LogP contribution in [0.3, 0.4) is 0 Å². The van der Waals surface area contributed by atoms with Gasteiger partial charge in [0.15, 0.2) is 0 Å². The Morgan fingerprint density at radius 3 is 2.40 bits per heavy atom. The third-order valence-electron chi connectivity index (χ3n) is 2.82. The summed E-state index contributed by atoms with van der Waals surface area (Å²) in [6.07, 6.45) is 16.1. The minimum absolute atomic E-state index is 0.606. The standard InChI is InChI=1S/C10H14/c1-2-6-10(7-3-1)8-4-5-9-10/h1-3,6H,4-5,7-9H2. The minimum Gasteiger partial charge on any atom is -0.0837 e. The Kier molecular flexibility index (Phi) is 1.40. The molecular weight excluding hydrogens is 120 g/mol. The van der Waals surface area contributed by atoms with Gasteiger partial charge in [-0.3, -0.25) is 0 Å². The second-order valence-corrected chi connectivity index (χ2v) is 3.56. The summed E-state index contributed by atoms with van der Waals surface area (Å²) in [7, 11) is 0. The van der Waals surface area contributed by atoms with Crippen LogP contribution in [0, 0.1) is 5.41 Å². The van der Waals surface area contributed by atoms with E-state index in [1.807, 2.05) is 0 Å². The van der Waals surface area contributed by atoms with Crippen molar-refractivity contribution >= 4 is 0 Å². The number of hydrogen-bond donors (Lipinski definition) is 0. The lowest BCUT2D eigenvalue weighted by atomic mass is 9.80. The maximum Gasteiger partial charge on any atom is -0.00805 e. The first-order valence-corrected chi connectivity index (χ1v) is 4.26. The maximum atomic E-state index is 2.42. The average molecular weight is 134 g/mol. The lowest BCUT2D eigenvalue weighted by Gasteiger charge is -2.24. The van der Waals surface area contributed by atoms with Crippen molar-refractivity contribution in [3.05, 3.63) is 24.3 Å². The van der Waals surface area contributed by atoms with E-state index in [1.54, 1.807) is 0 Å². The highest BCUT2D eigenvalue weighted by Gasteiger charge is 2.30. The van der Waals surface area contributed by atoms with Crippen molar-refractivity contribution < 1.29 is 0 Å². The van der Waals surface area contributed by atoms with Gasteiger partial charge in [-0.25, -0.2) is 0 Å². The Hall–Kier alpha value is -0.520. The molecule has 0 amide bonds. The first-order valence-electron chi connectivity index (χ1n) is 4.26. The van der Waals surface area contributed by atoms with Crippen LogP contribution in [0.25, 0.3) is 0 Å². The van der Waals surface area contributed by atoms with Crippen molar-refractivity contribution in [2.75, 3.05) is 0 Å². The molecule has 10 heavy (non-hydrogen) atoms. The van der Waals surface area contributed by atoms with Crippen LogP contribution in [-0.4, -0.2) is 0 Å². The van der Waals surface area contributed by atoms with Gasteiger partial charge in [-0.2, -0.15) is 0 Å². The molecule has 0 nitrogen and oxygen atoms in total. The third kappa shape index (κ3) is 0.920. The molecule has 1 saturated carbocycles. The summed E-state index contributed by atoms with van der Waals surface area (Å²) in [6.45, 7) is 0. The fraction of sp³-hybridized carbons (Fsp3) is 0.600. The summed E-state index contributed by atoms with van der Waals surface area (Å²) in [5, 5.41) is 0. The molecule has 54 valence electrons. The van der Waals surface area contributed by atoms with Crippen molar-refractivity contribution in [3.8, 4) is 0 Å². The number of hydrogen-bond acceptors (Lipinski definition) is 0. The molecule has 0 aromatic rings. The molecule has 0 bridgehead atoms. The maximum absolute atomic E-state index is 2.42. The molecule has 2 rings (SSSR count). The Bertz CT molecular complexity index is 168. The third-order valence-corrected chi connectivity index (χ3v) is 2.82. The second kappa shape index (κ2) is 2.26. The second-order valence-electron chi connectivity index (χ2n) is 3.56. The summed E-state index contributed by atoms with van der Waals surface area (Å²) in [5.74, 6) is 0. The molecular formula is C10H14. The zero-order valence-corrected chi connectivity index (χ0v) is 6.34. The van der Waals surface area contributed by atoms with Crippen LogP contribution in [0.5, 0.6) is 0 Å². The summed E-state index contributed by atoms with van der Waals surface area (Å²) >= 11 is 0. The van der Waals surface area contributed by atoms with Gasteiger partial charge in [-0.1, -0.05) is 37.1 Å². The molecule has 0 atom stereocenters. The van der Waals surface area contributed by atoms with Crippen LogP contribution < -0.4 is 0 Å². The molecule has 1 spiro atoms. The largest absolute Gasteiger partial charge is 0.0837 e. The molecule has 0 N–H and O–H groups in total. The minimum atomic E-state index is 0.606. The van der Waals surface area contributed by atoms with Crippen LogP contribution in [-0.2, 0) is 0 Å². The fourth-order valence-electron chi connectivity index (χ4n) is 2.16. The SMILES string of the molecule is C1=CCC2(C=C1)CCCC2. The monoisotopic (exact) mass is 134 g/mol. The van der Waals surface area contributed by atoms with Crippen molar-refractivity contribution in [1.29, 1.82) is 0 Å². The summed E-state index contributed by atoms with van der Waals surface area (Å²) in [5.41, 5.74) is 0.606. The Balaban J connectivity index is 2.15. The highest BCUT2D eigenvalue weighted by atomic mass is 14.3. The molecule has 0 saturated heterocycles. The van der Waals surface area contributed by atoms with Crippen LogP contribution in [0.2, 0.25) is 0 Å². The van der Waals surface area contributed by atoms with E-state index in [-0.39, 0.29) is 0 Å². The van der Waals surface area contributed by atoms with E-state index in [0.29, 0.717) is 5.41 Å². The zero-order valence-electron chi connectivity index (χ0n) is 6.34. The topological polar surface area (TPSA) is 0 Å². The Labute approximate surface area is 62.6 Å². The predicted molar refractivity (Wildman–Crippen MR) is 43.8 cm³/mol. The van der Waals surface area contributed by atoms with Gasteiger partial charge in [0.25, 0.3) is 0 Å². The van der Waals surface area contributed by atoms with Gasteiger partial charge in [0.05, 0.1) is 0 Å². The summed E-state index contributed by atoms with van der Waals surface area (Å²) in [4.78, 5) is 0. The molecule has 0 radical (unpaired) electrons. The van der Waals surface area contributed by atoms with Crippen LogP contribution in [0.1, 0.15) is 32.1 Å². The van der Waals surface area contributed by atoms with Crippen LogP contribution in [0.4, 0.5) is 0 Å². The van der Waals surface area contributed by atoms with Crippen molar-refractivity contribution in [3.63, 3.8) is 0 Å². The van der Waals surface area contributed by atoms with Gasteiger partial charge < -0.3 is 0 Å². The van der Waals surface area contributed by atoms with E-state index in [4.69, 9.17) is 0 Å². The van der Waals surface area contributed by atoms with Crippen LogP contribution >= 0.6 is 0 Å². The number of rotatable bonds is 0. The van der Waals surface area contributed by atoms with Gasteiger partial charge in [-0.15, -0.1) is 0 Å². The zero-order chi connectivity index (χ0) is 6.86. The van der Waals surface area contributed by atoms with Gasteiger partial charge >= 0.3 is 0 Å². The molecule has 0 unspecified atom stereocenters. The molecule has 1 fully saturated rings. The molecule has 0 aromatic carbocycles. The van der Waals surface area contributed by atoms with Gasteiger partial charge in [-0.05, 0) is 24.7 Å². The van der Waals surface area contributed by atoms with Gasteiger partial charge in [0.1, 0.15) is 0 Å². The van der Waals surface area contributed by atoms with Crippen molar-refractivity contribution in [2.45, 2.75) is 32.1 Å². The first kappa shape index (κ1) is 6.21. The Morgan fingerprint density at radius 1 is 1.00 bits per heavy atom. The molecule has 0 heterocycles. The normalized spacial score (nSPS) is 28.0. The average Bonchev–Trinajstić information content (AvgIpc) is 2.39. The smallest absolute Gasteiger partial charge is 0.00805 e. The predicted octanol–water partition coefficient (Wildman–Crippen LogP) is 3.06. The van der Waals surface area contributed by atoms with E-state index >= 15 is 0 Å². The molecule has 0 heteroatoms. The lowest BCUT2D eigenvalue weighted by Crippen LogP contribution is -2.12. The highest BCUT2D eigenvalue weighted by molar-refractivity contribution is 5.17. The lowest BCUT2D eigenvalue weighted by molar-refractivity contribution is 0.398. The summed E-state index contributed by atoms with van der Waals surface area (Å²) < 4.78 is 0. The first-order chi connectivity index (χ1) is 4.91. The van der Waals surface area contributed by atoms with E-state index in [0.717, 1.165) is 0 Å². The van der Waals surface area contributed by atoms with Crippen LogP contribution in [0.15, 0.2) is 24.3 Å². The Morgan fingerprint density at radius 2 is 1.80 bits per heavy atom. The van der Waals surface area contributed by atoms with Gasteiger partial charge in [0.2, 0.25) is 0 Å². The van der Waals surface area contributed by atoms with Gasteiger partial charge in [0, 0.05) is 0 Å². The van der Waals surface area contributed by atoms with E-state index in [2.05, 4.69) is 24.3 Å². The summed E-state index contributed by atoms with van der Waals surface area (Å²) in [6, 6.07) is 0. The highest BCUT2D eigenvalue weighted by Crippen LogP contribution is 2.43. The van der Waals surface area contributed by atoms with Crippen molar-refractivity contribution in [2.24, 2.45) is 5.41 Å². The van der Waals surface area contributed by atoms with E-state index in [1.165, 1.54) is 32.1 Å². The number of allylic oxidation sites excluding steroid dienone is 4. The molecule has 0 aliphatic heterocycles. The molecule has 0 aromatic heterocycles. The molecule has 2 aliphatic carbocycles. The van der Waals surface area contributed by atoms with E-state index in [9.17, 15) is 0 Å².